The van der Waals surface area contributed by atoms with Gasteiger partial charge in [-0.15, -0.1) is 0 Å². The van der Waals surface area contributed by atoms with E-state index >= 15 is 0 Å². The van der Waals surface area contributed by atoms with Crippen LogP contribution in [-0.4, -0.2) is 18.2 Å². The summed E-state index contributed by atoms with van der Waals surface area (Å²) in [6.07, 6.45) is -4.32. The Morgan fingerprint density at radius 1 is 1.15 bits per heavy atom. The summed E-state index contributed by atoms with van der Waals surface area (Å²) in [6.45, 7) is 0. The Kier molecular flexibility index (Phi) is 4.60. The van der Waals surface area contributed by atoms with Crippen molar-refractivity contribution >= 4 is 10.9 Å². The molecular formula is C15H17F3N2. The maximum absolute atomic E-state index is 12.2. The van der Waals surface area contributed by atoms with E-state index in [0.717, 1.165) is 16.6 Å². The first-order valence-corrected chi connectivity index (χ1v) is 6.59. The zero-order valence-corrected chi connectivity index (χ0v) is 11.2. The van der Waals surface area contributed by atoms with Gasteiger partial charge >= 0.3 is 6.18 Å². The number of nitrogens with one attached hydrogen (secondary N) is 1. The van der Waals surface area contributed by atoms with Crippen LogP contribution in [0.5, 0.6) is 0 Å². The molecule has 20 heavy (non-hydrogen) atoms. The predicted octanol–water partition coefficient (Wildman–Crippen LogP) is 4.23. The third-order valence-electron chi connectivity index (χ3n) is 3.28. The molecule has 2 aromatic rings. The van der Waals surface area contributed by atoms with E-state index in [1.54, 1.807) is 7.05 Å². The lowest BCUT2D eigenvalue weighted by Gasteiger charge is -2.16. The van der Waals surface area contributed by atoms with Gasteiger partial charge in [-0.05, 0) is 32.0 Å². The van der Waals surface area contributed by atoms with E-state index in [4.69, 9.17) is 0 Å². The van der Waals surface area contributed by atoms with Crippen molar-refractivity contribution in [3.63, 3.8) is 0 Å². The second kappa shape index (κ2) is 6.22. The third-order valence-corrected chi connectivity index (χ3v) is 3.28. The summed E-state index contributed by atoms with van der Waals surface area (Å²) >= 11 is 0. The molecule has 0 aliphatic heterocycles. The SMILES string of the molecule is CNC(CCCC(F)(F)F)c1ccc2ccccc2n1. The van der Waals surface area contributed by atoms with Gasteiger partial charge in [-0.3, -0.25) is 4.98 Å². The van der Waals surface area contributed by atoms with Crippen molar-refractivity contribution in [3.8, 4) is 0 Å². The van der Waals surface area contributed by atoms with Crippen molar-refractivity contribution in [1.29, 1.82) is 0 Å². The number of aromatic nitrogens is 1. The molecule has 0 spiro atoms. The quantitative estimate of drug-likeness (QED) is 0.887. The lowest BCUT2D eigenvalue weighted by Crippen LogP contribution is -2.18. The summed E-state index contributed by atoms with van der Waals surface area (Å²) in [5.41, 5.74) is 1.65. The second-order valence-electron chi connectivity index (χ2n) is 4.78. The molecule has 2 rings (SSSR count). The van der Waals surface area contributed by atoms with Gasteiger partial charge < -0.3 is 5.32 Å². The van der Waals surface area contributed by atoms with E-state index in [9.17, 15) is 13.2 Å². The molecule has 1 unspecified atom stereocenters. The van der Waals surface area contributed by atoms with Gasteiger partial charge in [-0.25, -0.2) is 0 Å². The number of benzene rings is 1. The van der Waals surface area contributed by atoms with E-state index in [1.165, 1.54) is 0 Å². The highest BCUT2D eigenvalue weighted by Gasteiger charge is 2.26. The Bertz CT molecular complexity index is 566. The normalized spacial score (nSPS) is 13.6. The Morgan fingerprint density at radius 3 is 2.60 bits per heavy atom. The molecule has 1 aromatic carbocycles. The predicted molar refractivity (Wildman–Crippen MR) is 73.4 cm³/mol. The van der Waals surface area contributed by atoms with E-state index < -0.39 is 12.6 Å². The highest BCUT2D eigenvalue weighted by Crippen LogP contribution is 2.26. The topological polar surface area (TPSA) is 24.9 Å². The third kappa shape index (κ3) is 3.93. The van der Waals surface area contributed by atoms with Crippen molar-refractivity contribution in [3.05, 3.63) is 42.1 Å². The van der Waals surface area contributed by atoms with E-state index in [2.05, 4.69) is 10.3 Å². The summed E-state index contributed by atoms with van der Waals surface area (Å²) in [6, 6.07) is 11.4. The number of fused-ring (bicyclic) bond motifs is 1. The number of hydrogen-bond acceptors (Lipinski definition) is 2. The van der Waals surface area contributed by atoms with Crippen LogP contribution in [0.4, 0.5) is 13.2 Å². The monoisotopic (exact) mass is 282 g/mol. The van der Waals surface area contributed by atoms with Crippen LogP contribution >= 0.6 is 0 Å². The molecule has 0 radical (unpaired) electrons. The first-order chi connectivity index (χ1) is 9.49. The largest absolute Gasteiger partial charge is 0.389 e. The van der Waals surface area contributed by atoms with Crippen LogP contribution in [0.1, 0.15) is 31.0 Å². The first-order valence-electron chi connectivity index (χ1n) is 6.59. The van der Waals surface area contributed by atoms with Gasteiger partial charge in [0, 0.05) is 17.8 Å². The zero-order chi connectivity index (χ0) is 14.6. The van der Waals surface area contributed by atoms with Crippen molar-refractivity contribution in [2.24, 2.45) is 0 Å². The standard InChI is InChI=1S/C15H17F3N2/c1-19-13(7-4-10-15(16,17)18)14-9-8-11-5-2-3-6-12(11)20-14/h2-3,5-6,8-9,13,19H,4,7,10H2,1H3. The van der Waals surface area contributed by atoms with Gasteiger partial charge in [-0.2, -0.15) is 13.2 Å². The van der Waals surface area contributed by atoms with E-state index in [-0.39, 0.29) is 12.5 Å². The molecule has 1 heterocycles. The van der Waals surface area contributed by atoms with Gasteiger partial charge in [0.15, 0.2) is 0 Å². The first kappa shape index (κ1) is 14.8. The molecule has 1 atom stereocenters. The highest BCUT2D eigenvalue weighted by molar-refractivity contribution is 5.78. The number of pyridine rings is 1. The van der Waals surface area contributed by atoms with Gasteiger partial charge in [0.25, 0.3) is 0 Å². The number of para-hydroxylation sites is 1. The maximum Gasteiger partial charge on any atom is 0.389 e. The minimum atomic E-state index is -4.09. The van der Waals surface area contributed by atoms with Crippen LogP contribution in [0.2, 0.25) is 0 Å². The lowest BCUT2D eigenvalue weighted by atomic mass is 10.0. The van der Waals surface area contributed by atoms with Crippen LogP contribution in [0.15, 0.2) is 36.4 Å². The van der Waals surface area contributed by atoms with Crippen molar-refractivity contribution < 1.29 is 13.2 Å². The molecule has 1 N–H and O–H groups in total. The fourth-order valence-electron chi connectivity index (χ4n) is 2.22. The minimum Gasteiger partial charge on any atom is -0.312 e. The molecule has 5 heteroatoms. The smallest absolute Gasteiger partial charge is 0.312 e. The Balaban J connectivity index is 2.09. The molecule has 0 aliphatic carbocycles. The molecule has 108 valence electrons. The zero-order valence-electron chi connectivity index (χ0n) is 11.2. The van der Waals surface area contributed by atoms with Crippen LogP contribution in [-0.2, 0) is 0 Å². The molecule has 0 fully saturated rings. The molecule has 0 bridgehead atoms. The number of nitrogens with zero attached hydrogens (tertiary/aromatic N) is 1. The lowest BCUT2D eigenvalue weighted by molar-refractivity contribution is -0.135. The van der Waals surface area contributed by atoms with Gasteiger partial charge in [-0.1, -0.05) is 24.3 Å². The molecule has 1 aromatic heterocycles. The average molecular weight is 282 g/mol. The number of alkyl halides is 3. The fourth-order valence-corrected chi connectivity index (χ4v) is 2.22. The minimum absolute atomic E-state index is 0.101. The molecule has 0 amide bonds. The fraction of sp³-hybridized carbons (Fsp3) is 0.400. The van der Waals surface area contributed by atoms with Crippen LogP contribution < -0.4 is 5.32 Å². The molecule has 2 nitrogen and oxygen atoms in total. The van der Waals surface area contributed by atoms with Crippen LogP contribution in [0.3, 0.4) is 0 Å². The van der Waals surface area contributed by atoms with Crippen molar-refractivity contribution in [2.75, 3.05) is 7.05 Å². The molecular weight excluding hydrogens is 265 g/mol. The molecule has 0 saturated carbocycles. The molecule has 0 aliphatic rings. The summed E-state index contributed by atoms with van der Waals surface area (Å²) in [5, 5.41) is 4.07. The number of hydrogen-bond donors (Lipinski definition) is 1. The molecule has 0 saturated heterocycles. The summed E-state index contributed by atoms with van der Waals surface area (Å²) in [4.78, 5) is 4.52. The van der Waals surface area contributed by atoms with Crippen LogP contribution in [0, 0.1) is 0 Å². The Morgan fingerprint density at radius 2 is 1.90 bits per heavy atom. The summed E-state index contributed by atoms with van der Waals surface area (Å²) in [7, 11) is 1.75. The summed E-state index contributed by atoms with van der Waals surface area (Å²) < 4.78 is 36.6. The van der Waals surface area contributed by atoms with Crippen molar-refractivity contribution in [2.45, 2.75) is 31.5 Å². The van der Waals surface area contributed by atoms with E-state index in [0.29, 0.717) is 6.42 Å². The van der Waals surface area contributed by atoms with Gasteiger partial charge in [0.05, 0.1) is 11.2 Å². The van der Waals surface area contributed by atoms with Gasteiger partial charge in [0.1, 0.15) is 0 Å². The second-order valence-corrected chi connectivity index (χ2v) is 4.78. The highest BCUT2D eigenvalue weighted by atomic mass is 19.4. The van der Waals surface area contributed by atoms with Crippen molar-refractivity contribution in [1.82, 2.24) is 10.3 Å². The number of rotatable bonds is 5. The summed E-state index contributed by atoms with van der Waals surface area (Å²) in [5.74, 6) is 0. The van der Waals surface area contributed by atoms with Gasteiger partial charge in [0.2, 0.25) is 0 Å². The van der Waals surface area contributed by atoms with Crippen LogP contribution in [0.25, 0.3) is 10.9 Å². The Hall–Kier alpha value is -1.62. The maximum atomic E-state index is 12.2. The van der Waals surface area contributed by atoms with E-state index in [1.807, 2.05) is 36.4 Å². The average Bonchev–Trinajstić information content (AvgIpc) is 2.42. The number of halogens is 3. The Labute approximate surface area is 116 Å².